The molecule has 0 aromatic rings. The summed E-state index contributed by atoms with van der Waals surface area (Å²) in [5.74, 6) is 0. The van der Waals surface area contributed by atoms with E-state index in [2.05, 4.69) is 31.4 Å². The van der Waals surface area contributed by atoms with Crippen LogP contribution in [0.1, 0.15) is 40.0 Å². The Morgan fingerprint density at radius 3 is 2.73 bits per heavy atom. The van der Waals surface area contributed by atoms with Crippen molar-refractivity contribution >= 4 is 0 Å². The van der Waals surface area contributed by atoms with E-state index < -0.39 is 0 Å². The lowest BCUT2D eigenvalue weighted by Gasteiger charge is -2.28. The summed E-state index contributed by atoms with van der Waals surface area (Å²) in [5.41, 5.74) is 0.184. The van der Waals surface area contributed by atoms with E-state index in [0.717, 1.165) is 26.2 Å². The molecule has 2 N–H and O–H groups in total. The molecule has 0 saturated carbocycles. The molecule has 1 unspecified atom stereocenters. The number of ether oxygens (including phenoxy) is 1. The Balaban J connectivity index is 2.09. The van der Waals surface area contributed by atoms with Crippen LogP contribution < -0.4 is 10.6 Å². The molecule has 1 heterocycles. The summed E-state index contributed by atoms with van der Waals surface area (Å²) >= 11 is 0. The largest absolute Gasteiger partial charge is 0.377 e. The molecule has 1 aliphatic heterocycles. The van der Waals surface area contributed by atoms with E-state index in [1.165, 1.54) is 19.3 Å². The maximum absolute atomic E-state index is 5.67. The molecule has 15 heavy (non-hydrogen) atoms. The van der Waals surface area contributed by atoms with Crippen molar-refractivity contribution in [2.45, 2.75) is 51.7 Å². The van der Waals surface area contributed by atoms with Gasteiger partial charge in [0.05, 0.1) is 6.10 Å². The van der Waals surface area contributed by atoms with Gasteiger partial charge in [-0.15, -0.1) is 0 Å². The maximum Gasteiger partial charge on any atom is 0.0699 e. The van der Waals surface area contributed by atoms with E-state index in [9.17, 15) is 0 Å². The molecule has 1 aliphatic rings. The topological polar surface area (TPSA) is 33.3 Å². The van der Waals surface area contributed by atoms with Gasteiger partial charge in [-0.3, -0.25) is 0 Å². The average molecular weight is 214 g/mol. The molecule has 0 spiro atoms. The van der Waals surface area contributed by atoms with Crippen molar-refractivity contribution in [3.05, 3.63) is 0 Å². The average Bonchev–Trinajstić information content (AvgIpc) is 2.19. The first-order valence-electron chi connectivity index (χ1n) is 6.21. The molecule has 0 bridgehead atoms. The summed E-state index contributed by atoms with van der Waals surface area (Å²) in [6.07, 6.45) is 4.22. The highest BCUT2D eigenvalue weighted by Gasteiger charge is 2.17. The second kappa shape index (κ2) is 6.46. The van der Waals surface area contributed by atoms with Crippen LogP contribution in [0.4, 0.5) is 0 Å². The number of nitrogens with one attached hydrogen (secondary N) is 2. The van der Waals surface area contributed by atoms with Crippen LogP contribution >= 0.6 is 0 Å². The van der Waals surface area contributed by atoms with Gasteiger partial charge in [-0.1, -0.05) is 6.92 Å². The molecule has 0 amide bonds. The molecule has 1 atom stereocenters. The Morgan fingerprint density at radius 2 is 2.13 bits per heavy atom. The number of rotatable bonds is 6. The van der Waals surface area contributed by atoms with Crippen molar-refractivity contribution in [3.63, 3.8) is 0 Å². The lowest BCUT2D eigenvalue weighted by atomic mass is 10.1. The van der Waals surface area contributed by atoms with E-state index in [4.69, 9.17) is 4.74 Å². The lowest BCUT2D eigenvalue weighted by Crippen LogP contribution is -2.49. The summed E-state index contributed by atoms with van der Waals surface area (Å²) in [7, 11) is 0. The number of hydrogen-bond acceptors (Lipinski definition) is 3. The smallest absolute Gasteiger partial charge is 0.0699 e. The van der Waals surface area contributed by atoms with Crippen LogP contribution in [0.25, 0.3) is 0 Å². The van der Waals surface area contributed by atoms with E-state index in [1.807, 2.05) is 0 Å². The van der Waals surface area contributed by atoms with Crippen molar-refractivity contribution < 1.29 is 4.74 Å². The summed E-state index contributed by atoms with van der Waals surface area (Å²) < 4.78 is 5.67. The minimum Gasteiger partial charge on any atom is -0.377 e. The normalized spacial score (nSPS) is 23.0. The molecule has 0 radical (unpaired) electrons. The van der Waals surface area contributed by atoms with Gasteiger partial charge in [-0.05, 0) is 39.7 Å². The molecule has 0 aliphatic carbocycles. The lowest BCUT2D eigenvalue weighted by molar-refractivity contribution is 0.0163. The molecular formula is C12H26N2O. The van der Waals surface area contributed by atoms with Crippen LogP contribution in [-0.4, -0.2) is 37.9 Å². The fraction of sp³-hybridized carbons (Fsp3) is 1.00. The fourth-order valence-electron chi connectivity index (χ4n) is 2.06. The molecule has 1 rings (SSSR count). The Bertz CT molecular complexity index is 165. The first kappa shape index (κ1) is 12.9. The predicted molar refractivity (Wildman–Crippen MR) is 64.2 cm³/mol. The van der Waals surface area contributed by atoms with Gasteiger partial charge in [0.15, 0.2) is 0 Å². The Kier molecular flexibility index (Phi) is 5.58. The SMILES string of the molecule is CCNC(C)(C)CNCC1CCCCO1. The minimum atomic E-state index is 0.184. The standard InChI is InChI=1S/C12H26N2O/c1-4-14-12(2,3)10-13-9-11-7-5-6-8-15-11/h11,13-14H,4-10H2,1-3H3. The van der Waals surface area contributed by atoms with Crippen LogP contribution in [0.15, 0.2) is 0 Å². The van der Waals surface area contributed by atoms with Gasteiger partial charge in [0.25, 0.3) is 0 Å². The van der Waals surface area contributed by atoms with Gasteiger partial charge in [0.2, 0.25) is 0 Å². The van der Waals surface area contributed by atoms with Gasteiger partial charge in [-0.2, -0.15) is 0 Å². The molecule has 3 heteroatoms. The summed E-state index contributed by atoms with van der Waals surface area (Å²) in [6, 6.07) is 0. The van der Waals surface area contributed by atoms with Crippen LogP contribution in [0.3, 0.4) is 0 Å². The van der Waals surface area contributed by atoms with Crippen LogP contribution in [-0.2, 0) is 4.74 Å². The summed E-state index contributed by atoms with van der Waals surface area (Å²) in [6.45, 7) is 10.6. The molecule has 90 valence electrons. The van der Waals surface area contributed by atoms with Crippen LogP contribution in [0, 0.1) is 0 Å². The van der Waals surface area contributed by atoms with Gasteiger partial charge >= 0.3 is 0 Å². The first-order valence-corrected chi connectivity index (χ1v) is 6.21. The zero-order chi connectivity index (χ0) is 11.1. The molecular weight excluding hydrogens is 188 g/mol. The molecule has 1 saturated heterocycles. The minimum absolute atomic E-state index is 0.184. The third-order valence-electron chi connectivity index (χ3n) is 2.87. The van der Waals surface area contributed by atoms with Gasteiger partial charge < -0.3 is 15.4 Å². The number of likely N-dealkylation sites (N-methyl/N-ethyl adjacent to an activating group) is 1. The van der Waals surface area contributed by atoms with E-state index >= 15 is 0 Å². The second-order valence-corrected chi connectivity index (χ2v) is 5.03. The van der Waals surface area contributed by atoms with Crippen molar-refractivity contribution in [2.24, 2.45) is 0 Å². The third-order valence-corrected chi connectivity index (χ3v) is 2.87. The Labute approximate surface area is 94.0 Å². The van der Waals surface area contributed by atoms with Crippen LogP contribution in [0.5, 0.6) is 0 Å². The van der Waals surface area contributed by atoms with E-state index in [-0.39, 0.29) is 5.54 Å². The third kappa shape index (κ3) is 5.50. The monoisotopic (exact) mass is 214 g/mol. The van der Waals surface area contributed by atoms with E-state index in [0.29, 0.717) is 6.10 Å². The Morgan fingerprint density at radius 1 is 1.33 bits per heavy atom. The van der Waals surface area contributed by atoms with Crippen molar-refractivity contribution in [1.82, 2.24) is 10.6 Å². The zero-order valence-electron chi connectivity index (χ0n) is 10.4. The van der Waals surface area contributed by atoms with Crippen molar-refractivity contribution in [3.8, 4) is 0 Å². The maximum atomic E-state index is 5.67. The molecule has 0 aromatic heterocycles. The second-order valence-electron chi connectivity index (χ2n) is 5.03. The van der Waals surface area contributed by atoms with Crippen LogP contribution in [0.2, 0.25) is 0 Å². The quantitative estimate of drug-likeness (QED) is 0.703. The van der Waals surface area contributed by atoms with Gasteiger partial charge in [0, 0.05) is 25.2 Å². The molecule has 0 aromatic carbocycles. The summed E-state index contributed by atoms with van der Waals surface area (Å²) in [4.78, 5) is 0. The molecule has 3 nitrogen and oxygen atoms in total. The molecule has 1 fully saturated rings. The van der Waals surface area contributed by atoms with Gasteiger partial charge in [0.1, 0.15) is 0 Å². The highest BCUT2D eigenvalue weighted by atomic mass is 16.5. The van der Waals surface area contributed by atoms with Crippen molar-refractivity contribution in [2.75, 3.05) is 26.2 Å². The Hall–Kier alpha value is -0.120. The van der Waals surface area contributed by atoms with E-state index in [1.54, 1.807) is 0 Å². The van der Waals surface area contributed by atoms with Gasteiger partial charge in [-0.25, -0.2) is 0 Å². The number of hydrogen-bond donors (Lipinski definition) is 2. The highest BCUT2D eigenvalue weighted by molar-refractivity contribution is 4.80. The fourth-order valence-corrected chi connectivity index (χ4v) is 2.06. The predicted octanol–water partition coefficient (Wildman–Crippen LogP) is 1.53. The summed E-state index contributed by atoms with van der Waals surface area (Å²) in [5, 5.41) is 6.95. The van der Waals surface area contributed by atoms with Crippen molar-refractivity contribution in [1.29, 1.82) is 0 Å². The zero-order valence-corrected chi connectivity index (χ0v) is 10.4. The highest BCUT2D eigenvalue weighted by Crippen LogP contribution is 2.11. The first-order chi connectivity index (χ1) is 7.14.